The molecule has 0 spiro atoms. The number of ether oxygens (including phenoxy) is 3. The normalized spacial score (nSPS) is 17.8. The van der Waals surface area contributed by atoms with Crippen LogP contribution in [0.25, 0.3) is 6.08 Å². The van der Waals surface area contributed by atoms with Gasteiger partial charge in [0.15, 0.2) is 16.7 Å². The summed E-state index contributed by atoms with van der Waals surface area (Å²) < 4.78 is 20.2. The third-order valence-electron chi connectivity index (χ3n) is 3.67. The Bertz CT molecular complexity index is 854. The van der Waals surface area contributed by atoms with E-state index in [1.807, 2.05) is 6.26 Å². The predicted octanol–water partition coefficient (Wildman–Crippen LogP) is 2.65. The molecule has 2 aliphatic rings. The van der Waals surface area contributed by atoms with Crippen molar-refractivity contribution < 1.29 is 19.0 Å². The highest BCUT2D eigenvalue weighted by atomic mass is 32.2. The lowest BCUT2D eigenvalue weighted by Crippen LogP contribution is -2.41. The second kappa shape index (κ2) is 7.42. The van der Waals surface area contributed by atoms with Gasteiger partial charge in [-0.2, -0.15) is 9.39 Å². The van der Waals surface area contributed by atoms with Gasteiger partial charge in [-0.1, -0.05) is 11.8 Å². The van der Waals surface area contributed by atoms with Gasteiger partial charge in [-0.05, 0) is 30.0 Å². The van der Waals surface area contributed by atoms with Crippen LogP contribution >= 0.6 is 23.7 Å². The van der Waals surface area contributed by atoms with E-state index in [1.54, 1.807) is 23.1 Å². The van der Waals surface area contributed by atoms with Crippen molar-refractivity contribution in [3.63, 3.8) is 0 Å². The van der Waals surface area contributed by atoms with Gasteiger partial charge in [0.25, 0.3) is 5.91 Å². The molecule has 0 aliphatic carbocycles. The highest BCUT2D eigenvalue weighted by molar-refractivity contribution is 8.18. The van der Waals surface area contributed by atoms with Crippen molar-refractivity contribution in [2.45, 2.75) is 0 Å². The SMILES string of the molecule is COc1cc(/C=C2/C(=N)N3C(SC)=NSC3=NC2=O)cc(OC)c1OC. The quantitative estimate of drug-likeness (QED) is 0.621. The van der Waals surface area contributed by atoms with Crippen LogP contribution in [0.2, 0.25) is 0 Å². The minimum absolute atomic E-state index is 0.0341. The van der Waals surface area contributed by atoms with E-state index in [9.17, 15) is 4.79 Å². The number of nitrogens with zero attached hydrogens (tertiary/aromatic N) is 3. The van der Waals surface area contributed by atoms with Crippen LogP contribution in [0.1, 0.15) is 5.56 Å². The van der Waals surface area contributed by atoms with Gasteiger partial charge >= 0.3 is 0 Å². The van der Waals surface area contributed by atoms with Crippen molar-refractivity contribution in [1.29, 1.82) is 5.41 Å². The number of aliphatic imine (C=N–C) groups is 1. The molecule has 8 nitrogen and oxygen atoms in total. The molecule has 0 atom stereocenters. The van der Waals surface area contributed by atoms with E-state index < -0.39 is 5.91 Å². The topological polar surface area (TPSA) is 96.6 Å². The fourth-order valence-corrected chi connectivity index (χ4v) is 3.94. The van der Waals surface area contributed by atoms with Gasteiger partial charge in [0.1, 0.15) is 5.84 Å². The molecule has 136 valence electrons. The van der Waals surface area contributed by atoms with E-state index in [1.165, 1.54) is 33.1 Å². The van der Waals surface area contributed by atoms with Crippen LogP contribution in [0.5, 0.6) is 17.2 Å². The number of hydrogen-bond acceptors (Lipinski definition) is 8. The van der Waals surface area contributed by atoms with Crippen LogP contribution in [0.4, 0.5) is 0 Å². The number of benzene rings is 1. The van der Waals surface area contributed by atoms with Crippen LogP contribution < -0.4 is 14.2 Å². The molecule has 1 N–H and O–H groups in total. The van der Waals surface area contributed by atoms with Crippen molar-refractivity contribution in [3.05, 3.63) is 23.3 Å². The summed E-state index contributed by atoms with van der Waals surface area (Å²) >= 11 is 2.48. The molecule has 2 aliphatic heterocycles. The van der Waals surface area contributed by atoms with Crippen molar-refractivity contribution in [2.75, 3.05) is 27.6 Å². The summed E-state index contributed by atoms with van der Waals surface area (Å²) in [5.74, 6) is 0.920. The molecule has 1 amide bonds. The molecule has 1 aromatic carbocycles. The smallest absolute Gasteiger partial charge is 0.283 e. The first-order chi connectivity index (χ1) is 12.5. The molecule has 0 saturated heterocycles. The average Bonchev–Trinajstić information content (AvgIpc) is 3.06. The first-order valence-electron chi connectivity index (χ1n) is 7.36. The van der Waals surface area contributed by atoms with Crippen LogP contribution in [-0.4, -0.2) is 54.6 Å². The Morgan fingerprint density at radius 3 is 2.38 bits per heavy atom. The van der Waals surface area contributed by atoms with Crippen molar-refractivity contribution in [1.82, 2.24) is 4.90 Å². The second-order valence-electron chi connectivity index (χ2n) is 5.07. The number of carbonyl (C=O) groups is 1. The summed E-state index contributed by atoms with van der Waals surface area (Å²) in [5.41, 5.74) is 0.785. The standard InChI is InChI=1S/C16H16N4O4S2/c1-22-10-6-8(7-11(23-2)12(10)24-3)5-9-13(17)20-15(18-14(9)21)26-19-16(20)25-4/h5-7,17H,1-4H3/b9-5-,17-13?. The number of thioether (sulfide) groups is 1. The van der Waals surface area contributed by atoms with Crippen LogP contribution in [0.3, 0.4) is 0 Å². The number of amides is 1. The molecule has 10 heteroatoms. The molecule has 0 saturated carbocycles. The third kappa shape index (κ3) is 3.06. The van der Waals surface area contributed by atoms with E-state index in [2.05, 4.69) is 9.39 Å². The van der Waals surface area contributed by atoms with Gasteiger partial charge in [-0.25, -0.2) is 4.90 Å². The summed E-state index contributed by atoms with van der Waals surface area (Å²) in [6, 6.07) is 3.41. The molecule has 3 rings (SSSR count). The van der Waals surface area contributed by atoms with Gasteiger partial charge in [0.2, 0.25) is 10.9 Å². The fraction of sp³-hybridized carbons (Fsp3) is 0.250. The molecule has 0 aromatic heterocycles. The summed E-state index contributed by atoms with van der Waals surface area (Å²) in [5, 5.41) is 9.43. The van der Waals surface area contributed by atoms with Crippen LogP contribution in [0, 0.1) is 5.41 Å². The number of hydrogen-bond donors (Lipinski definition) is 1. The molecule has 0 bridgehead atoms. The van der Waals surface area contributed by atoms with E-state index >= 15 is 0 Å². The Morgan fingerprint density at radius 2 is 1.85 bits per heavy atom. The van der Waals surface area contributed by atoms with Crippen LogP contribution in [-0.2, 0) is 4.79 Å². The lowest BCUT2D eigenvalue weighted by molar-refractivity contribution is -0.114. The maximum absolute atomic E-state index is 12.4. The number of carbonyl (C=O) groups excluding carboxylic acids is 1. The van der Waals surface area contributed by atoms with Crippen molar-refractivity contribution >= 4 is 51.9 Å². The number of rotatable bonds is 4. The Morgan fingerprint density at radius 1 is 1.19 bits per heavy atom. The van der Waals surface area contributed by atoms with E-state index in [0.717, 1.165) is 11.9 Å². The lowest BCUT2D eigenvalue weighted by Gasteiger charge is -2.24. The van der Waals surface area contributed by atoms with Gasteiger partial charge in [0.05, 0.1) is 38.9 Å². The van der Waals surface area contributed by atoms with E-state index in [4.69, 9.17) is 19.6 Å². The molecule has 1 aromatic rings. The number of nitrogens with one attached hydrogen (secondary N) is 1. The zero-order valence-electron chi connectivity index (χ0n) is 14.5. The minimum atomic E-state index is -0.486. The number of methoxy groups -OCH3 is 3. The highest BCUT2D eigenvalue weighted by Gasteiger charge is 2.37. The summed E-state index contributed by atoms with van der Waals surface area (Å²) in [6.45, 7) is 0. The largest absolute Gasteiger partial charge is 0.493 e. The van der Waals surface area contributed by atoms with Gasteiger partial charge in [-0.15, -0.1) is 0 Å². The summed E-state index contributed by atoms with van der Waals surface area (Å²) in [6.07, 6.45) is 3.44. The Hall–Kier alpha value is -2.46. The number of amidine groups is 3. The maximum atomic E-state index is 12.4. The van der Waals surface area contributed by atoms with E-state index in [0.29, 0.717) is 33.1 Å². The Labute approximate surface area is 158 Å². The Balaban J connectivity index is 2.06. The van der Waals surface area contributed by atoms with Crippen molar-refractivity contribution in [2.24, 2.45) is 9.39 Å². The van der Waals surface area contributed by atoms with E-state index in [-0.39, 0.29) is 11.4 Å². The Kier molecular flexibility index (Phi) is 5.23. The fourth-order valence-electron chi connectivity index (χ4n) is 2.48. The zero-order chi connectivity index (χ0) is 18.8. The summed E-state index contributed by atoms with van der Waals surface area (Å²) in [7, 11) is 4.55. The highest BCUT2D eigenvalue weighted by Crippen LogP contribution is 2.39. The first kappa shape index (κ1) is 18.3. The van der Waals surface area contributed by atoms with Gasteiger partial charge in [0, 0.05) is 0 Å². The molecule has 2 heterocycles. The second-order valence-corrected chi connectivity index (χ2v) is 6.57. The lowest BCUT2D eigenvalue weighted by atomic mass is 10.1. The molecule has 0 fully saturated rings. The maximum Gasteiger partial charge on any atom is 0.283 e. The van der Waals surface area contributed by atoms with Crippen molar-refractivity contribution in [3.8, 4) is 17.2 Å². The monoisotopic (exact) mass is 392 g/mol. The summed E-state index contributed by atoms with van der Waals surface area (Å²) in [4.78, 5) is 18.0. The molecule has 26 heavy (non-hydrogen) atoms. The molecular formula is C16H16N4O4S2. The predicted molar refractivity (Wildman–Crippen MR) is 105 cm³/mol. The molecular weight excluding hydrogens is 376 g/mol. The molecule has 0 unspecified atom stereocenters. The number of fused-ring (bicyclic) bond motifs is 1. The average molecular weight is 392 g/mol. The zero-order valence-corrected chi connectivity index (χ0v) is 16.2. The van der Waals surface area contributed by atoms with Crippen LogP contribution in [0.15, 0.2) is 27.1 Å². The van der Waals surface area contributed by atoms with Gasteiger partial charge in [-0.3, -0.25) is 10.2 Å². The minimum Gasteiger partial charge on any atom is -0.493 e. The first-order valence-corrected chi connectivity index (χ1v) is 9.36. The molecule has 0 radical (unpaired) electrons. The third-order valence-corrected chi connectivity index (χ3v) is 5.13. The van der Waals surface area contributed by atoms with Gasteiger partial charge < -0.3 is 14.2 Å².